The van der Waals surface area contributed by atoms with E-state index in [1.807, 2.05) is 12.3 Å². The average Bonchev–Trinajstić information content (AvgIpc) is 3.27. The van der Waals surface area contributed by atoms with E-state index in [2.05, 4.69) is 45.4 Å². The lowest BCUT2D eigenvalue weighted by Crippen LogP contribution is -2.22. The van der Waals surface area contributed by atoms with Crippen LogP contribution in [0.2, 0.25) is 0 Å². The van der Waals surface area contributed by atoms with Gasteiger partial charge in [-0.2, -0.15) is 5.10 Å². The monoisotopic (exact) mass is 344 g/mol. The Hall–Kier alpha value is -3.48. The van der Waals surface area contributed by atoms with Gasteiger partial charge in [0.2, 0.25) is 0 Å². The minimum atomic E-state index is -0.150. The van der Waals surface area contributed by atoms with Gasteiger partial charge < -0.3 is 9.55 Å². The Labute approximate surface area is 147 Å². The topological polar surface area (TPSA) is 80.9 Å². The van der Waals surface area contributed by atoms with Gasteiger partial charge >= 0.3 is 0 Å². The number of aryl methyl sites for hydroxylation is 3. The summed E-state index contributed by atoms with van der Waals surface area (Å²) in [7, 11) is 0. The maximum atomic E-state index is 12.8. The highest BCUT2D eigenvalue weighted by Gasteiger charge is 2.10. The zero-order valence-electron chi connectivity index (χ0n) is 14.2. The molecule has 0 spiro atoms. The summed E-state index contributed by atoms with van der Waals surface area (Å²) in [6.07, 6.45) is 6.22. The van der Waals surface area contributed by atoms with Crippen molar-refractivity contribution in [3.63, 3.8) is 0 Å². The van der Waals surface area contributed by atoms with Crippen molar-refractivity contribution in [3.05, 3.63) is 70.4 Å². The number of rotatable bonds is 3. The largest absolute Gasteiger partial charge is 0.361 e. The molecule has 0 atom stereocenters. The van der Waals surface area contributed by atoms with Crippen molar-refractivity contribution in [3.8, 4) is 0 Å². The third kappa shape index (κ3) is 2.21. The molecule has 0 aliphatic heterocycles. The van der Waals surface area contributed by atoms with Crippen LogP contribution in [0.1, 0.15) is 11.1 Å². The highest BCUT2D eigenvalue weighted by atomic mass is 16.1. The Balaban J connectivity index is 1.53. The molecule has 4 heterocycles. The van der Waals surface area contributed by atoms with Gasteiger partial charge in [-0.25, -0.2) is 4.52 Å². The minimum Gasteiger partial charge on any atom is -0.361 e. The number of aromatic amines is 1. The number of hydrogen-bond donors (Lipinski definition) is 1. The Morgan fingerprint density at radius 1 is 1.15 bits per heavy atom. The van der Waals surface area contributed by atoms with Crippen molar-refractivity contribution >= 4 is 27.6 Å². The molecule has 4 aromatic heterocycles. The zero-order chi connectivity index (χ0) is 17.7. The van der Waals surface area contributed by atoms with Gasteiger partial charge in [0.1, 0.15) is 5.52 Å². The van der Waals surface area contributed by atoms with Crippen LogP contribution in [0.5, 0.6) is 0 Å². The Morgan fingerprint density at radius 3 is 3.00 bits per heavy atom. The standard InChI is InChI=1S/C19H16N6O/c1-12-2-3-15-14(10-12)13(11-20-15)5-8-24-9-6-16-18(19(24)26)23-22-17-4-7-21-25(16)17/h2-4,6-7,9-11,20H,5,8H2,1H3. The SMILES string of the molecule is Cc1ccc2[nH]cc(CCn3ccc4c(nnc5ccnn54)c3=O)c2c1. The van der Waals surface area contributed by atoms with Crippen LogP contribution in [0.25, 0.3) is 27.6 Å². The fourth-order valence-electron chi connectivity index (χ4n) is 3.39. The lowest BCUT2D eigenvalue weighted by atomic mass is 10.1. The summed E-state index contributed by atoms with van der Waals surface area (Å²) >= 11 is 0. The zero-order valence-corrected chi connectivity index (χ0v) is 14.2. The molecule has 0 radical (unpaired) electrons. The van der Waals surface area contributed by atoms with Crippen LogP contribution >= 0.6 is 0 Å². The van der Waals surface area contributed by atoms with E-state index in [1.54, 1.807) is 27.5 Å². The molecule has 5 aromatic rings. The van der Waals surface area contributed by atoms with Crippen molar-refractivity contribution in [2.45, 2.75) is 19.9 Å². The van der Waals surface area contributed by atoms with E-state index in [-0.39, 0.29) is 5.56 Å². The van der Waals surface area contributed by atoms with E-state index in [9.17, 15) is 4.79 Å². The lowest BCUT2D eigenvalue weighted by molar-refractivity contribution is 0.674. The minimum absolute atomic E-state index is 0.150. The predicted molar refractivity (Wildman–Crippen MR) is 99.3 cm³/mol. The summed E-state index contributed by atoms with van der Waals surface area (Å²) in [5, 5.41) is 13.6. The van der Waals surface area contributed by atoms with Gasteiger partial charge in [0, 0.05) is 35.9 Å². The van der Waals surface area contributed by atoms with Crippen molar-refractivity contribution in [2.24, 2.45) is 0 Å². The predicted octanol–water partition coefficient (Wildman–Crippen LogP) is 2.47. The van der Waals surface area contributed by atoms with E-state index in [1.165, 1.54) is 16.5 Å². The van der Waals surface area contributed by atoms with E-state index >= 15 is 0 Å². The number of nitrogens with zero attached hydrogens (tertiary/aromatic N) is 5. The number of hydrogen-bond acceptors (Lipinski definition) is 4. The molecule has 0 saturated carbocycles. The number of H-pyrrole nitrogens is 1. The lowest BCUT2D eigenvalue weighted by Gasteiger charge is -2.07. The van der Waals surface area contributed by atoms with Crippen LogP contribution in [0.3, 0.4) is 0 Å². The normalized spacial score (nSPS) is 11.7. The number of pyridine rings is 1. The first-order chi connectivity index (χ1) is 12.7. The van der Waals surface area contributed by atoms with Crippen LogP contribution in [-0.4, -0.2) is 29.4 Å². The maximum Gasteiger partial charge on any atom is 0.280 e. The molecular weight excluding hydrogens is 328 g/mol. The highest BCUT2D eigenvalue weighted by Crippen LogP contribution is 2.20. The quantitative estimate of drug-likeness (QED) is 0.545. The molecule has 0 unspecified atom stereocenters. The van der Waals surface area contributed by atoms with E-state index < -0.39 is 0 Å². The summed E-state index contributed by atoms with van der Waals surface area (Å²) in [6, 6.07) is 9.97. The number of benzene rings is 1. The van der Waals surface area contributed by atoms with Gasteiger partial charge in [0.15, 0.2) is 11.2 Å². The van der Waals surface area contributed by atoms with Crippen molar-refractivity contribution in [2.75, 3.05) is 0 Å². The first-order valence-corrected chi connectivity index (χ1v) is 8.47. The van der Waals surface area contributed by atoms with Crippen LogP contribution in [0.15, 0.2) is 53.7 Å². The molecule has 1 aromatic carbocycles. The molecule has 0 saturated heterocycles. The van der Waals surface area contributed by atoms with Gasteiger partial charge in [-0.1, -0.05) is 11.6 Å². The van der Waals surface area contributed by atoms with Gasteiger partial charge in [0.25, 0.3) is 5.56 Å². The maximum absolute atomic E-state index is 12.8. The molecule has 7 heteroatoms. The number of nitrogens with one attached hydrogen (secondary N) is 1. The molecule has 0 bridgehead atoms. The van der Waals surface area contributed by atoms with Gasteiger partial charge in [0.05, 0.1) is 6.20 Å². The molecule has 7 nitrogen and oxygen atoms in total. The number of aromatic nitrogens is 6. The molecule has 5 rings (SSSR count). The summed E-state index contributed by atoms with van der Waals surface area (Å²) in [5.74, 6) is 0. The van der Waals surface area contributed by atoms with Crippen LogP contribution in [0, 0.1) is 6.92 Å². The first kappa shape index (κ1) is 14.8. The second-order valence-corrected chi connectivity index (χ2v) is 6.46. The molecular formula is C19H16N6O. The van der Waals surface area contributed by atoms with Gasteiger partial charge in [-0.3, -0.25) is 4.79 Å². The van der Waals surface area contributed by atoms with Gasteiger partial charge in [-0.05, 0) is 37.1 Å². The molecule has 26 heavy (non-hydrogen) atoms. The molecule has 0 aliphatic carbocycles. The molecule has 1 N–H and O–H groups in total. The van der Waals surface area contributed by atoms with E-state index in [0.717, 1.165) is 11.9 Å². The Bertz CT molecular complexity index is 1330. The Kier molecular flexibility index (Phi) is 3.15. The first-order valence-electron chi connectivity index (χ1n) is 8.47. The fourth-order valence-corrected chi connectivity index (χ4v) is 3.39. The average molecular weight is 344 g/mol. The summed E-state index contributed by atoms with van der Waals surface area (Å²) < 4.78 is 3.32. The Morgan fingerprint density at radius 2 is 2.08 bits per heavy atom. The molecule has 0 amide bonds. The summed E-state index contributed by atoms with van der Waals surface area (Å²) in [5.41, 5.74) is 5.02. The number of fused-ring (bicyclic) bond motifs is 4. The van der Waals surface area contributed by atoms with Crippen molar-refractivity contribution in [1.82, 2.24) is 29.4 Å². The summed E-state index contributed by atoms with van der Waals surface area (Å²) in [4.78, 5) is 16.1. The third-order valence-corrected chi connectivity index (χ3v) is 4.77. The third-order valence-electron chi connectivity index (χ3n) is 4.77. The molecule has 128 valence electrons. The smallest absolute Gasteiger partial charge is 0.280 e. The molecule has 0 fully saturated rings. The second kappa shape index (κ2) is 5.52. The molecule has 0 aliphatic rings. The van der Waals surface area contributed by atoms with Crippen molar-refractivity contribution in [1.29, 1.82) is 0 Å². The van der Waals surface area contributed by atoms with Gasteiger partial charge in [-0.15, -0.1) is 10.2 Å². The second-order valence-electron chi connectivity index (χ2n) is 6.46. The van der Waals surface area contributed by atoms with Crippen LogP contribution < -0.4 is 5.56 Å². The van der Waals surface area contributed by atoms with Crippen LogP contribution in [-0.2, 0) is 13.0 Å². The summed E-state index contributed by atoms with van der Waals surface area (Å²) in [6.45, 7) is 2.66. The highest BCUT2D eigenvalue weighted by molar-refractivity contribution is 5.83. The van der Waals surface area contributed by atoms with Crippen molar-refractivity contribution < 1.29 is 0 Å². The van der Waals surface area contributed by atoms with E-state index in [4.69, 9.17) is 0 Å². The van der Waals surface area contributed by atoms with Crippen LogP contribution in [0.4, 0.5) is 0 Å². The fraction of sp³-hybridized carbons (Fsp3) is 0.158. The van der Waals surface area contributed by atoms with E-state index in [0.29, 0.717) is 23.2 Å².